The minimum Gasteiger partial charge on any atom is -0.390 e. The quantitative estimate of drug-likeness (QED) is 0.868. The molecule has 1 saturated carbocycles. The van der Waals surface area contributed by atoms with E-state index >= 15 is 0 Å². The average molecular weight is 252 g/mol. The molecule has 0 radical (unpaired) electrons. The zero-order valence-electron chi connectivity index (χ0n) is 9.63. The van der Waals surface area contributed by atoms with E-state index in [0.717, 1.165) is 38.8 Å². The number of aromatic nitrogens is 1. The largest absolute Gasteiger partial charge is 0.390 e. The van der Waals surface area contributed by atoms with E-state index in [0.29, 0.717) is 10.8 Å². The minimum absolute atomic E-state index is 0.0914. The van der Waals surface area contributed by atoms with Crippen molar-refractivity contribution in [1.29, 1.82) is 0 Å². The molecule has 0 aromatic carbocycles. The summed E-state index contributed by atoms with van der Waals surface area (Å²) in [6.45, 7) is 1.54. The summed E-state index contributed by atoms with van der Waals surface area (Å²) in [5.74, 6) is 0.488. The molecule has 0 unspecified atom stereocenters. The number of carbonyl (C=O) groups is 1. The number of rotatable bonds is 2. The van der Waals surface area contributed by atoms with Crippen LogP contribution in [0.3, 0.4) is 0 Å². The number of hydrogen-bond acceptors (Lipinski definition) is 4. The first kappa shape index (κ1) is 11.2. The predicted molar refractivity (Wildman–Crippen MR) is 64.9 cm³/mol. The summed E-state index contributed by atoms with van der Waals surface area (Å²) in [6, 6.07) is 1.77. The molecular weight excluding hydrogens is 236 g/mol. The second-order valence-electron chi connectivity index (χ2n) is 5.05. The number of likely N-dealkylation sites (tertiary alicyclic amines) is 1. The Hall–Kier alpha value is -0.940. The summed E-state index contributed by atoms with van der Waals surface area (Å²) >= 11 is 1.25. The zero-order valence-corrected chi connectivity index (χ0v) is 10.4. The molecule has 1 aliphatic carbocycles. The van der Waals surface area contributed by atoms with Gasteiger partial charge in [-0.05, 0) is 49.2 Å². The van der Waals surface area contributed by atoms with Crippen LogP contribution in [0.1, 0.15) is 35.4 Å². The van der Waals surface area contributed by atoms with Gasteiger partial charge in [-0.25, -0.2) is 4.37 Å². The highest BCUT2D eigenvalue weighted by atomic mass is 32.1. The van der Waals surface area contributed by atoms with Crippen LogP contribution in [0.25, 0.3) is 0 Å². The van der Waals surface area contributed by atoms with Crippen LogP contribution in [-0.2, 0) is 0 Å². The van der Waals surface area contributed by atoms with Crippen LogP contribution in [0.15, 0.2) is 12.3 Å². The lowest BCUT2D eigenvalue weighted by atomic mass is 9.89. The number of aliphatic hydroxyl groups is 1. The van der Waals surface area contributed by atoms with Crippen LogP contribution >= 0.6 is 11.5 Å². The molecule has 17 heavy (non-hydrogen) atoms. The summed E-state index contributed by atoms with van der Waals surface area (Å²) in [7, 11) is 0. The first-order valence-corrected chi connectivity index (χ1v) is 6.89. The van der Waals surface area contributed by atoms with E-state index in [2.05, 4.69) is 4.37 Å². The molecule has 1 aromatic rings. The molecule has 1 aromatic heterocycles. The number of piperidine rings is 1. The molecule has 0 spiro atoms. The number of carbonyl (C=O) groups excluding carboxylic acids is 1. The SMILES string of the molecule is O=C(c1ccns1)N1CCC(C2(O)CC2)CC1. The van der Waals surface area contributed by atoms with Crippen molar-refractivity contribution < 1.29 is 9.90 Å². The third-order valence-electron chi connectivity index (χ3n) is 3.95. The summed E-state index contributed by atoms with van der Waals surface area (Å²) in [5.41, 5.74) is -0.389. The van der Waals surface area contributed by atoms with Crippen LogP contribution in [-0.4, -0.2) is 39.0 Å². The molecule has 5 heteroatoms. The van der Waals surface area contributed by atoms with Gasteiger partial charge >= 0.3 is 0 Å². The second kappa shape index (κ2) is 4.07. The molecule has 1 aliphatic heterocycles. The molecular formula is C12H16N2O2S. The summed E-state index contributed by atoms with van der Waals surface area (Å²) in [5, 5.41) is 10.1. The Balaban J connectivity index is 1.60. The molecule has 92 valence electrons. The maximum absolute atomic E-state index is 12.1. The lowest BCUT2D eigenvalue weighted by Crippen LogP contribution is -2.41. The van der Waals surface area contributed by atoms with Gasteiger partial charge in [-0.2, -0.15) is 0 Å². The predicted octanol–water partition coefficient (Wildman–Crippen LogP) is 1.52. The normalized spacial score (nSPS) is 23.7. The van der Waals surface area contributed by atoms with Gasteiger partial charge in [-0.15, -0.1) is 0 Å². The zero-order chi connectivity index (χ0) is 11.9. The molecule has 2 aliphatic rings. The van der Waals surface area contributed by atoms with Gasteiger partial charge in [0, 0.05) is 19.3 Å². The number of nitrogens with zero attached hydrogens (tertiary/aromatic N) is 2. The van der Waals surface area contributed by atoms with Gasteiger partial charge in [0.1, 0.15) is 4.88 Å². The Labute approximate surface area is 104 Å². The van der Waals surface area contributed by atoms with E-state index in [1.807, 2.05) is 4.90 Å². The maximum atomic E-state index is 12.1. The van der Waals surface area contributed by atoms with Crippen molar-refractivity contribution >= 4 is 17.4 Å². The van der Waals surface area contributed by atoms with Crippen molar-refractivity contribution in [2.75, 3.05) is 13.1 Å². The van der Waals surface area contributed by atoms with Crippen molar-refractivity contribution in [3.05, 3.63) is 17.1 Å². The standard InChI is InChI=1S/C12H16N2O2S/c15-11(10-1-6-13-17-10)14-7-2-9(3-8-14)12(16)4-5-12/h1,6,9,16H,2-5,7-8H2. The summed E-state index contributed by atoms with van der Waals surface area (Å²) in [4.78, 5) is 14.7. The van der Waals surface area contributed by atoms with Gasteiger partial charge in [-0.1, -0.05) is 0 Å². The Morgan fingerprint density at radius 3 is 2.71 bits per heavy atom. The second-order valence-corrected chi connectivity index (χ2v) is 5.88. The van der Waals surface area contributed by atoms with Crippen LogP contribution in [0.5, 0.6) is 0 Å². The van der Waals surface area contributed by atoms with E-state index < -0.39 is 0 Å². The molecule has 1 amide bonds. The lowest BCUT2D eigenvalue weighted by Gasteiger charge is -2.34. The van der Waals surface area contributed by atoms with Gasteiger partial charge in [0.05, 0.1) is 5.60 Å². The monoisotopic (exact) mass is 252 g/mol. The highest BCUT2D eigenvalue weighted by Gasteiger charge is 2.48. The lowest BCUT2D eigenvalue weighted by molar-refractivity contribution is 0.0343. The van der Waals surface area contributed by atoms with E-state index in [-0.39, 0.29) is 11.5 Å². The average Bonchev–Trinajstić information content (AvgIpc) is 2.91. The van der Waals surface area contributed by atoms with Crippen LogP contribution in [0.2, 0.25) is 0 Å². The van der Waals surface area contributed by atoms with E-state index in [1.54, 1.807) is 12.3 Å². The topological polar surface area (TPSA) is 53.4 Å². The smallest absolute Gasteiger partial charge is 0.265 e. The van der Waals surface area contributed by atoms with Crippen LogP contribution < -0.4 is 0 Å². The fraction of sp³-hybridized carbons (Fsp3) is 0.667. The first-order chi connectivity index (χ1) is 8.19. The molecule has 4 nitrogen and oxygen atoms in total. The number of amides is 1. The van der Waals surface area contributed by atoms with E-state index in [1.165, 1.54) is 11.5 Å². The molecule has 0 atom stereocenters. The number of hydrogen-bond donors (Lipinski definition) is 1. The minimum atomic E-state index is -0.389. The van der Waals surface area contributed by atoms with Gasteiger partial charge in [0.25, 0.3) is 5.91 Å². The maximum Gasteiger partial charge on any atom is 0.265 e. The fourth-order valence-electron chi connectivity index (χ4n) is 2.64. The highest BCUT2D eigenvalue weighted by molar-refractivity contribution is 7.08. The third-order valence-corrected chi connectivity index (χ3v) is 4.69. The van der Waals surface area contributed by atoms with Crippen molar-refractivity contribution in [3.8, 4) is 0 Å². The summed E-state index contributed by atoms with van der Waals surface area (Å²) < 4.78 is 3.96. The Morgan fingerprint density at radius 1 is 1.47 bits per heavy atom. The fourth-order valence-corrected chi connectivity index (χ4v) is 3.20. The molecule has 3 rings (SSSR count). The Bertz CT molecular complexity index is 406. The van der Waals surface area contributed by atoms with Crippen molar-refractivity contribution in [2.24, 2.45) is 5.92 Å². The van der Waals surface area contributed by atoms with E-state index in [4.69, 9.17) is 0 Å². The van der Waals surface area contributed by atoms with Crippen LogP contribution in [0.4, 0.5) is 0 Å². The molecule has 2 heterocycles. The molecule has 1 N–H and O–H groups in total. The summed E-state index contributed by atoms with van der Waals surface area (Å²) in [6.07, 6.45) is 5.42. The van der Waals surface area contributed by atoms with Crippen molar-refractivity contribution in [2.45, 2.75) is 31.3 Å². The van der Waals surface area contributed by atoms with Gasteiger partial charge in [0.15, 0.2) is 0 Å². The van der Waals surface area contributed by atoms with Gasteiger partial charge in [-0.3, -0.25) is 4.79 Å². The van der Waals surface area contributed by atoms with Gasteiger partial charge in [0.2, 0.25) is 0 Å². The van der Waals surface area contributed by atoms with Crippen LogP contribution in [0, 0.1) is 5.92 Å². The Kier molecular flexibility index (Phi) is 2.67. The van der Waals surface area contributed by atoms with Crippen molar-refractivity contribution in [1.82, 2.24) is 9.27 Å². The highest BCUT2D eigenvalue weighted by Crippen LogP contribution is 2.46. The molecule has 1 saturated heterocycles. The Morgan fingerprint density at radius 2 is 2.18 bits per heavy atom. The first-order valence-electron chi connectivity index (χ1n) is 6.11. The van der Waals surface area contributed by atoms with Gasteiger partial charge < -0.3 is 10.0 Å². The van der Waals surface area contributed by atoms with E-state index in [9.17, 15) is 9.90 Å². The molecule has 0 bridgehead atoms. The molecule has 2 fully saturated rings. The third kappa shape index (κ3) is 2.09. The van der Waals surface area contributed by atoms with Crippen molar-refractivity contribution in [3.63, 3.8) is 0 Å².